The molecule has 6 heteroatoms. The third-order valence-corrected chi connectivity index (χ3v) is 4.84. The Morgan fingerprint density at radius 3 is 2.48 bits per heavy atom. The van der Waals surface area contributed by atoms with Gasteiger partial charge in [0.15, 0.2) is 5.78 Å². The first kappa shape index (κ1) is 17.2. The molecular formula is C17H19NO4S. The van der Waals surface area contributed by atoms with Gasteiger partial charge in [-0.05, 0) is 31.2 Å². The summed E-state index contributed by atoms with van der Waals surface area (Å²) in [5.41, 5.74) is 1.48. The Kier molecular flexibility index (Phi) is 5.52. The quantitative estimate of drug-likeness (QED) is 0.791. The van der Waals surface area contributed by atoms with Crippen LogP contribution in [0.5, 0.6) is 5.75 Å². The Morgan fingerprint density at radius 2 is 1.83 bits per heavy atom. The van der Waals surface area contributed by atoms with Gasteiger partial charge in [-0.15, -0.1) is 0 Å². The second kappa shape index (κ2) is 7.39. The predicted molar refractivity (Wildman–Crippen MR) is 88.3 cm³/mol. The van der Waals surface area contributed by atoms with E-state index in [1.54, 1.807) is 48.5 Å². The first-order valence-corrected chi connectivity index (χ1v) is 8.64. The van der Waals surface area contributed by atoms with Gasteiger partial charge in [0, 0.05) is 18.5 Å². The lowest BCUT2D eigenvalue weighted by atomic mass is 10.1. The zero-order chi connectivity index (χ0) is 16.9. The van der Waals surface area contributed by atoms with E-state index in [0.717, 1.165) is 5.56 Å². The summed E-state index contributed by atoms with van der Waals surface area (Å²) in [6, 6.07) is 13.3. The van der Waals surface area contributed by atoms with Gasteiger partial charge in [-0.3, -0.25) is 4.79 Å². The monoisotopic (exact) mass is 333 g/mol. The number of carbonyl (C=O) groups excluding carboxylic acids is 1. The predicted octanol–water partition coefficient (Wildman–Crippen LogP) is 2.55. The Bertz CT molecular complexity index is 782. The molecule has 0 aliphatic carbocycles. The second-order valence-corrected chi connectivity index (χ2v) is 6.88. The summed E-state index contributed by atoms with van der Waals surface area (Å²) < 4.78 is 31.8. The van der Waals surface area contributed by atoms with Crippen LogP contribution in [-0.2, 0) is 10.0 Å². The summed E-state index contributed by atoms with van der Waals surface area (Å²) in [7, 11) is -2.07. The summed E-state index contributed by atoms with van der Waals surface area (Å²) in [5, 5.41) is 0. The minimum Gasteiger partial charge on any atom is -0.497 e. The van der Waals surface area contributed by atoms with Crippen molar-refractivity contribution >= 4 is 15.8 Å². The molecule has 0 saturated heterocycles. The molecule has 0 aromatic heterocycles. The summed E-state index contributed by atoms with van der Waals surface area (Å²) in [6.45, 7) is 1.93. The maximum atomic E-state index is 12.1. The van der Waals surface area contributed by atoms with Crippen LogP contribution in [0.1, 0.15) is 22.3 Å². The van der Waals surface area contributed by atoms with Crippen molar-refractivity contribution in [3.05, 3.63) is 59.7 Å². The van der Waals surface area contributed by atoms with Crippen LogP contribution in [0.2, 0.25) is 0 Å². The van der Waals surface area contributed by atoms with Crippen molar-refractivity contribution in [3.63, 3.8) is 0 Å². The van der Waals surface area contributed by atoms with Crippen molar-refractivity contribution in [2.24, 2.45) is 0 Å². The Hall–Kier alpha value is -2.18. The highest BCUT2D eigenvalue weighted by molar-refractivity contribution is 7.89. The normalized spacial score (nSPS) is 11.2. The molecule has 2 aromatic rings. The van der Waals surface area contributed by atoms with Gasteiger partial charge in [0.25, 0.3) is 0 Å². The molecule has 0 aliphatic rings. The van der Waals surface area contributed by atoms with E-state index in [1.807, 2.05) is 6.92 Å². The van der Waals surface area contributed by atoms with Gasteiger partial charge >= 0.3 is 0 Å². The number of aryl methyl sites for hydroxylation is 1. The molecule has 0 bridgehead atoms. The molecule has 122 valence electrons. The number of hydrogen-bond donors (Lipinski definition) is 1. The number of Topliss-reactive ketones (excluding diaryl/α,β-unsaturated/α-hetero) is 1. The van der Waals surface area contributed by atoms with Gasteiger partial charge < -0.3 is 4.74 Å². The fourth-order valence-electron chi connectivity index (χ4n) is 2.04. The molecule has 0 atom stereocenters. The van der Waals surface area contributed by atoms with Crippen LogP contribution in [-0.4, -0.2) is 27.9 Å². The number of methoxy groups -OCH3 is 1. The zero-order valence-electron chi connectivity index (χ0n) is 13.1. The highest BCUT2D eigenvalue weighted by Crippen LogP contribution is 2.14. The van der Waals surface area contributed by atoms with E-state index in [0.29, 0.717) is 11.3 Å². The van der Waals surface area contributed by atoms with Crippen molar-refractivity contribution in [2.75, 3.05) is 13.7 Å². The first-order valence-electron chi connectivity index (χ1n) is 7.16. The number of carbonyl (C=O) groups is 1. The standard InChI is InChI=1S/C17H19NO4S/c1-13-6-8-16(9-7-13)23(20,21)18-11-10-17(19)14-4-3-5-15(12-14)22-2/h3-9,12,18H,10-11H2,1-2H3. The lowest BCUT2D eigenvalue weighted by molar-refractivity contribution is 0.0984. The van der Waals surface area contributed by atoms with Crippen molar-refractivity contribution < 1.29 is 17.9 Å². The molecule has 0 unspecified atom stereocenters. The van der Waals surface area contributed by atoms with E-state index in [4.69, 9.17) is 4.74 Å². The maximum Gasteiger partial charge on any atom is 0.240 e. The lowest BCUT2D eigenvalue weighted by Crippen LogP contribution is -2.26. The van der Waals surface area contributed by atoms with Crippen LogP contribution < -0.4 is 9.46 Å². The van der Waals surface area contributed by atoms with Gasteiger partial charge in [0.05, 0.1) is 12.0 Å². The number of nitrogens with one attached hydrogen (secondary N) is 1. The van der Waals surface area contributed by atoms with Crippen molar-refractivity contribution in [1.29, 1.82) is 0 Å². The molecule has 0 amide bonds. The molecule has 0 heterocycles. The smallest absolute Gasteiger partial charge is 0.240 e. The largest absolute Gasteiger partial charge is 0.497 e. The van der Waals surface area contributed by atoms with Crippen LogP contribution >= 0.6 is 0 Å². The molecule has 0 fully saturated rings. The highest BCUT2D eigenvalue weighted by atomic mass is 32.2. The molecule has 0 spiro atoms. The van der Waals surface area contributed by atoms with E-state index >= 15 is 0 Å². The molecule has 5 nitrogen and oxygen atoms in total. The summed E-state index contributed by atoms with van der Waals surface area (Å²) in [4.78, 5) is 12.3. The van der Waals surface area contributed by atoms with Gasteiger partial charge in [0.2, 0.25) is 10.0 Å². The third kappa shape index (κ3) is 4.64. The van der Waals surface area contributed by atoms with Gasteiger partial charge in [0.1, 0.15) is 5.75 Å². The minimum atomic E-state index is -3.59. The molecule has 0 radical (unpaired) electrons. The van der Waals surface area contributed by atoms with E-state index in [1.165, 1.54) is 7.11 Å². The average Bonchev–Trinajstić information content (AvgIpc) is 2.55. The minimum absolute atomic E-state index is 0.0479. The van der Waals surface area contributed by atoms with E-state index in [9.17, 15) is 13.2 Å². The third-order valence-electron chi connectivity index (χ3n) is 3.37. The molecule has 2 aromatic carbocycles. The Labute approximate surface area is 136 Å². The number of ketones is 1. The molecular weight excluding hydrogens is 314 g/mol. The summed E-state index contributed by atoms with van der Waals surface area (Å²) in [6.07, 6.45) is 0.0816. The molecule has 23 heavy (non-hydrogen) atoms. The van der Waals surface area contributed by atoms with Gasteiger partial charge in [-0.1, -0.05) is 29.8 Å². The van der Waals surface area contributed by atoms with Crippen molar-refractivity contribution in [3.8, 4) is 5.75 Å². The highest BCUT2D eigenvalue weighted by Gasteiger charge is 2.14. The second-order valence-electron chi connectivity index (χ2n) is 5.12. The van der Waals surface area contributed by atoms with E-state index < -0.39 is 10.0 Å². The number of hydrogen-bond acceptors (Lipinski definition) is 4. The van der Waals surface area contributed by atoms with Gasteiger partial charge in [-0.2, -0.15) is 0 Å². The first-order chi connectivity index (χ1) is 10.9. The van der Waals surface area contributed by atoms with E-state index in [-0.39, 0.29) is 23.6 Å². The van der Waals surface area contributed by atoms with Crippen molar-refractivity contribution in [2.45, 2.75) is 18.2 Å². The van der Waals surface area contributed by atoms with Crippen LogP contribution in [0, 0.1) is 6.92 Å². The van der Waals surface area contributed by atoms with Crippen LogP contribution in [0.4, 0.5) is 0 Å². The van der Waals surface area contributed by atoms with Gasteiger partial charge in [-0.25, -0.2) is 13.1 Å². The molecule has 2 rings (SSSR count). The van der Waals surface area contributed by atoms with Crippen LogP contribution in [0.25, 0.3) is 0 Å². The van der Waals surface area contributed by atoms with Crippen LogP contribution in [0.15, 0.2) is 53.4 Å². The number of ether oxygens (including phenoxy) is 1. The molecule has 0 aliphatic heterocycles. The SMILES string of the molecule is COc1cccc(C(=O)CCNS(=O)(=O)c2ccc(C)cc2)c1. The molecule has 0 saturated carbocycles. The summed E-state index contributed by atoms with van der Waals surface area (Å²) >= 11 is 0. The Morgan fingerprint density at radius 1 is 1.13 bits per heavy atom. The Balaban J connectivity index is 1.95. The zero-order valence-corrected chi connectivity index (χ0v) is 13.9. The number of sulfonamides is 1. The van der Waals surface area contributed by atoms with E-state index in [2.05, 4.69) is 4.72 Å². The lowest BCUT2D eigenvalue weighted by Gasteiger charge is -2.07. The number of benzene rings is 2. The maximum absolute atomic E-state index is 12.1. The van der Waals surface area contributed by atoms with Crippen molar-refractivity contribution in [1.82, 2.24) is 4.72 Å². The fourth-order valence-corrected chi connectivity index (χ4v) is 3.07. The summed E-state index contributed by atoms with van der Waals surface area (Å²) in [5.74, 6) is 0.451. The fraction of sp³-hybridized carbons (Fsp3) is 0.235. The average molecular weight is 333 g/mol. The molecule has 1 N–H and O–H groups in total. The van der Waals surface area contributed by atoms with Crippen LogP contribution in [0.3, 0.4) is 0 Å². The topological polar surface area (TPSA) is 72.5 Å². The number of rotatable bonds is 7.